The molecule has 76 valence electrons. The number of nitrogens with two attached hydrogens (primary N) is 1. The van der Waals surface area contributed by atoms with E-state index in [1.165, 1.54) is 0 Å². The Bertz CT molecular complexity index is 296. The fourth-order valence-corrected chi connectivity index (χ4v) is 1.38. The highest BCUT2D eigenvalue weighted by atomic mass is 16.5. The van der Waals surface area contributed by atoms with Crippen molar-refractivity contribution in [3.8, 4) is 5.75 Å². The van der Waals surface area contributed by atoms with Crippen molar-refractivity contribution in [1.82, 2.24) is 0 Å². The number of ether oxygens (including phenoxy) is 1. The van der Waals surface area contributed by atoms with Gasteiger partial charge in [0.05, 0.1) is 6.61 Å². The Morgan fingerprint density at radius 3 is 2.86 bits per heavy atom. The lowest BCUT2D eigenvalue weighted by atomic mass is 10.0. The van der Waals surface area contributed by atoms with E-state index in [9.17, 15) is 0 Å². The molecule has 0 saturated heterocycles. The summed E-state index contributed by atoms with van der Waals surface area (Å²) >= 11 is 0. The Labute approximate surface area is 85.4 Å². The summed E-state index contributed by atoms with van der Waals surface area (Å²) < 4.78 is 5.49. The first kappa shape index (κ1) is 10.8. The lowest BCUT2D eigenvalue weighted by molar-refractivity contribution is 0.334. The van der Waals surface area contributed by atoms with Crippen molar-refractivity contribution in [1.29, 1.82) is 0 Å². The van der Waals surface area contributed by atoms with Crippen LogP contribution in [0.3, 0.4) is 0 Å². The van der Waals surface area contributed by atoms with E-state index in [-0.39, 0.29) is 6.04 Å². The van der Waals surface area contributed by atoms with Crippen molar-refractivity contribution in [3.63, 3.8) is 0 Å². The Hall–Kier alpha value is -1.28. The summed E-state index contributed by atoms with van der Waals surface area (Å²) in [7, 11) is 0. The van der Waals surface area contributed by atoms with Crippen molar-refractivity contribution in [2.75, 3.05) is 6.61 Å². The van der Waals surface area contributed by atoms with E-state index in [2.05, 4.69) is 6.58 Å². The smallest absolute Gasteiger partial charge is 0.124 e. The van der Waals surface area contributed by atoms with Gasteiger partial charge < -0.3 is 10.5 Å². The van der Waals surface area contributed by atoms with Crippen molar-refractivity contribution in [3.05, 3.63) is 42.5 Å². The third-order valence-corrected chi connectivity index (χ3v) is 2.04. The molecule has 1 unspecified atom stereocenters. The molecule has 2 nitrogen and oxygen atoms in total. The van der Waals surface area contributed by atoms with Crippen LogP contribution in [0.5, 0.6) is 5.75 Å². The van der Waals surface area contributed by atoms with Gasteiger partial charge in [-0.1, -0.05) is 24.3 Å². The van der Waals surface area contributed by atoms with Crippen molar-refractivity contribution >= 4 is 0 Å². The lowest BCUT2D eigenvalue weighted by Crippen LogP contribution is -2.11. The molecule has 0 fully saturated rings. The fourth-order valence-electron chi connectivity index (χ4n) is 1.38. The molecule has 0 aliphatic carbocycles. The van der Waals surface area contributed by atoms with Crippen LogP contribution in [0.4, 0.5) is 0 Å². The third kappa shape index (κ3) is 2.60. The van der Waals surface area contributed by atoms with Crippen LogP contribution in [0.1, 0.15) is 24.9 Å². The predicted octanol–water partition coefficient (Wildman–Crippen LogP) is 2.66. The van der Waals surface area contributed by atoms with E-state index in [0.29, 0.717) is 6.61 Å². The molecule has 0 saturated carbocycles. The van der Waals surface area contributed by atoms with Gasteiger partial charge in [0.25, 0.3) is 0 Å². The molecule has 1 rings (SSSR count). The molecule has 2 heteroatoms. The molecule has 0 aliphatic rings. The number of hydrogen-bond donors (Lipinski definition) is 1. The zero-order valence-corrected chi connectivity index (χ0v) is 8.57. The zero-order valence-electron chi connectivity index (χ0n) is 8.57. The van der Waals surface area contributed by atoms with Crippen LogP contribution in [0.25, 0.3) is 0 Å². The standard InChI is InChI=1S/C12H17NO/c1-3-7-11(13)10-8-5-6-9-12(10)14-4-2/h3,5-6,8-9,11H,1,4,7,13H2,2H3. The maximum atomic E-state index is 5.99. The topological polar surface area (TPSA) is 35.2 Å². The van der Waals surface area contributed by atoms with Gasteiger partial charge in [0.1, 0.15) is 5.75 Å². The minimum absolute atomic E-state index is 0.0183. The minimum atomic E-state index is -0.0183. The molecule has 0 bridgehead atoms. The lowest BCUT2D eigenvalue weighted by Gasteiger charge is -2.14. The van der Waals surface area contributed by atoms with Crippen LogP contribution in [0.2, 0.25) is 0 Å². The molecule has 1 atom stereocenters. The number of rotatable bonds is 5. The summed E-state index contributed by atoms with van der Waals surface area (Å²) in [5.41, 5.74) is 7.04. The zero-order chi connectivity index (χ0) is 10.4. The maximum absolute atomic E-state index is 5.99. The molecule has 1 aromatic rings. The molecule has 0 amide bonds. The Morgan fingerprint density at radius 1 is 1.50 bits per heavy atom. The van der Waals surface area contributed by atoms with Gasteiger partial charge in [-0.3, -0.25) is 0 Å². The van der Waals surface area contributed by atoms with E-state index < -0.39 is 0 Å². The normalized spacial score (nSPS) is 12.1. The quantitative estimate of drug-likeness (QED) is 0.726. The largest absolute Gasteiger partial charge is 0.494 e. The number of para-hydroxylation sites is 1. The molecule has 0 spiro atoms. The number of hydrogen-bond acceptors (Lipinski definition) is 2. The van der Waals surface area contributed by atoms with Gasteiger partial charge >= 0.3 is 0 Å². The SMILES string of the molecule is C=CCC(N)c1ccccc1OCC. The van der Waals surface area contributed by atoms with E-state index >= 15 is 0 Å². The molecule has 0 radical (unpaired) electrons. The highest BCUT2D eigenvalue weighted by Crippen LogP contribution is 2.25. The van der Waals surface area contributed by atoms with E-state index in [4.69, 9.17) is 10.5 Å². The predicted molar refractivity (Wildman–Crippen MR) is 59.4 cm³/mol. The molecule has 14 heavy (non-hydrogen) atoms. The summed E-state index contributed by atoms with van der Waals surface area (Å²) in [6, 6.07) is 7.85. The molecule has 0 heterocycles. The minimum Gasteiger partial charge on any atom is -0.494 e. The first-order valence-corrected chi connectivity index (χ1v) is 4.87. The van der Waals surface area contributed by atoms with Gasteiger partial charge in [0, 0.05) is 11.6 Å². The summed E-state index contributed by atoms with van der Waals surface area (Å²) in [4.78, 5) is 0. The van der Waals surface area contributed by atoms with Crippen LogP contribution >= 0.6 is 0 Å². The van der Waals surface area contributed by atoms with Gasteiger partial charge in [-0.25, -0.2) is 0 Å². The van der Waals surface area contributed by atoms with Gasteiger partial charge in [-0.2, -0.15) is 0 Å². The van der Waals surface area contributed by atoms with Crippen LogP contribution in [-0.4, -0.2) is 6.61 Å². The summed E-state index contributed by atoms with van der Waals surface area (Å²) in [6.45, 7) is 6.31. The second-order valence-corrected chi connectivity index (χ2v) is 3.10. The average molecular weight is 191 g/mol. The molecular formula is C12H17NO. The second-order valence-electron chi connectivity index (χ2n) is 3.10. The molecule has 2 N–H and O–H groups in total. The van der Waals surface area contributed by atoms with E-state index in [1.807, 2.05) is 37.3 Å². The number of benzene rings is 1. The maximum Gasteiger partial charge on any atom is 0.124 e. The Balaban J connectivity index is 2.87. The molecule has 0 aromatic heterocycles. The third-order valence-electron chi connectivity index (χ3n) is 2.04. The average Bonchev–Trinajstić information content (AvgIpc) is 2.19. The summed E-state index contributed by atoms with van der Waals surface area (Å²) in [5.74, 6) is 0.879. The molecule has 1 aromatic carbocycles. The first-order chi connectivity index (χ1) is 6.79. The Kier molecular flexibility index (Phi) is 4.20. The second kappa shape index (κ2) is 5.45. The van der Waals surface area contributed by atoms with Crippen LogP contribution in [0, 0.1) is 0 Å². The summed E-state index contributed by atoms with van der Waals surface area (Å²) in [6.07, 6.45) is 2.59. The fraction of sp³-hybridized carbons (Fsp3) is 0.333. The van der Waals surface area contributed by atoms with Gasteiger partial charge in [-0.15, -0.1) is 6.58 Å². The first-order valence-electron chi connectivity index (χ1n) is 4.87. The van der Waals surface area contributed by atoms with Gasteiger partial charge in [-0.05, 0) is 19.4 Å². The summed E-state index contributed by atoms with van der Waals surface area (Å²) in [5, 5.41) is 0. The van der Waals surface area contributed by atoms with Gasteiger partial charge in [0.15, 0.2) is 0 Å². The van der Waals surface area contributed by atoms with E-state index in [1.54, 1.807) is 0 Å². The van der Waals surface area contributed by atoms with Gasteiger partial charge in [0.2, 0.25) is 0 Å². The Morgan fingerprint density at radius 2 is 2.21 bits per heavy atom. The molecule has 0 aliphatic heterocycles. The van der Waals surface area contributed by atoms with Crippen LogP contribution in [-0.2, 0) is 0 Å². The molecular weight excluding hydrogens is 174 g/mol. The van der Waals surface area contributed by atoms with Crippen LogP contribution < -0.4 is 10.5 Å². The highest BCUT2D eigenvalue weighted by Gasteiger charge is 2.09. The van der Waals surface area contributed by atoms with Crippen molar-refractivity contribution in [2.45, 2.75) is 19.4 Å². The highest BCUT2D eigenvalue weighted by molar-refractivity contribution is 5.35. The van der Waals surface area contributed by atoms with Crippen LogP contribution in [0.15, 0.2) is 36.9 Å². The van der Waals surface area contributed by atoms with Crippen molar-refractivity contribution < 1.29 is 4.74 Å². The van der Waals surface area contributed by atoms with Crippen molar-refractivity contribution in [2.24, 2.45) is 5.73 Å². The monoisotopic (exact) mass is 191 g/mol. The van der Waals surface area contributed by atoms with E-state index in [0.717, 1.165) is 17.7 Å².